The zero-order chi connectivity index (χ0) is 17.0. The number of hydrogen-bond acceptors (Lipinski definition) is 5. The van der Waals surface area contributed by atoms with Gasteiger partial charge in [-0.3, -0.25) is 4.79 Å². The first-order valence-electron chi connectivity index (χ1n) is 7.48. The van der Waals surface area contributed by atoms with E-state index in [4.69, 9.17) is 5.26 Å². The van der Waals surface area contributed by atoms with Crippen molar-refractivity contribution < 1.29 is 4.79 Å². The van der Waals surface area contributed by atoms with Gasteiger partial charge in [-0.25, -0.2) is 9.97 Å². The number of nitrogens with zero attached hydrogens (tertiary/aromatic N) is 3. The molecule has 2 N–H and O–H groups in total. The minimum absolute atomic E-state index is 0.142. The van der Waals surface area contributed by atoms with E-state index in [-0.39, 0.29) is 16.8 Å². The Kier molecular flexibility index (Phi) is 4.80. The van der Waals surface area contributed by atoms with Crippen molar-refractivity contribution in [3.05, 3.63) is 29.6 Å². The number of nitrogens with one attached hydrogen (secondary N) is 2. The van der Waals surface area contributed by atoms with Crippen LogP contribution in [-0.2, 0) is 11.2 Å². The largest absolute Gasteiger partial charge is 0.368 e. The zero-order valence-electron chi connectivity index (χ0n) is 13.9. The number of anilines is 1. The third-order valence-electron chi connectivity index (χ3n) is 3.29. The second-order valence-electron chi connectivity index (χ2n) is 6.67. The summed E-state index contributed by atoms with van der Waals surface area (Å²) in [4.78, 5) is 23.3. The van der Waals surface area contributed by atoms with Crippen LogP contribution >= 0.6 is 0 Å². The van der Waals surface area contributed by atoms with Gasteiger partial charge in [0.05, 0.1) is 11.8 Å². The molecule has 0 saturated carbocycles. The monoisotopic (exact) mass is 311 g/mol. The minimum Gasteiger partial charge on any atom is -0.368 e. The lowest BCUT2D eigenvalue weighted by atomic mass is 9.97. The van der Waals surface area contributed by atoms with Crippen LogP contribution in [0.3, 0.4) is 0 Å². The van der Waals surface area contributed by atoms with Gasteiger partial charge in [0, 0.05) is 18.3 Å². The van der Waals surface area contributed by atoms with Crippen LogP contribution in [0.2, 0.25) is 0 Å². The lowest BCUT2D eigenvalue weighted by molar-refractivity contribution is -0.113. The number of fused-ring (bicyclic) bond motifs is 1. The third-order valence-corrected chi connectivity index (χ3v) is 3.29. The molecule has 0 aromatic carbocycles. The Hall–Kier alpha value is -2.68. The van der Waals surface area contributed by atoms with Crippen molar-refractivity contribution in [1.82, 2.24) is 15.0 Å². The highest BCUT2D eigenvalue weighted by molar-refractivity contribution is 5.97. The predicted molar refractivity (Wildman–Crippen MR) is 89.9 cm³/mol. The molecule has 2 aromatic rings. The second-order valence-corrected chi connectivity index (χ2v) is 6.67. The maximum absolute atomic E-state index is 11.3. The van der Waals surface area contributed by atoms with Gasteiger partial charge in [0.2, 0.25) is 0 Å². The molecule has 6 heteroatoms. The maximum Gasteiger partial charge on any atom is 0.169 e. The van der Waals surface area contributed by atoms with Gasteiger partial charge >= 0.3 is 0 Å². The Morgan fingerprint density at radius 1 is 1.48 bits per heavy atom. The number of Topliss-reactive ketones (excluding diaryl/α,β-unsaturated/α-hetero) is 1. The zero-order valence-corrected chi connectivity index (χ0v) is 13.9. The number of aromatic nitrogens is 3. The molecule has 0 amide bonds. The molecule has 0 saturated heterocycles. The van der Waals surface area contributed by atoms with E-state index < -0.39 is 0 Å². The maximum atomic E-state index is 11.3. The number of allylic oxidation sites excluding steroid dienone is 2. The smallest absolute Gasteiger partial charge is 0.169 e. The van der Waals surface area contributed by atoms with E-state index in [1.54, 1.807) is 12.3 Å². The SMILES string of the molecule is CC(=O)C(C#N)=CCc1c[nH]c2ncc(NCC(C)(C)C)nc12. The summed E-state index contributed by atoms with van der Waals surface area (Å²) >= 11 is 0. The number of aromatic amines is 1. The lowest BCUT2D eigenvalue weighted by Crippen LogP contribution is -2.19. The van der Waals surface area contributed by atoms with Crippen LogP contribution < -0.4 is 5.32 Å². The van der Waals surface area contributed by atoms with Crippen LogP contribution in [0.1, 0.15) is 33.3 Å². The molecule has 120 valence electrons. The van der Waals surface area contributed by atoms with Gasteiger partial charge in [0.1, 0.15) is 17.4 Å². The third kappa shape index (κ3) is 4.39. The van der Waals surface area contributed by atoms with E-state index in [2.05, 4.69) is 41.0 Å². The van der Waals surface area contributed by atoms with Crippen LogP contribution in [0.15, 0.2) is 24.0 Å². The molecule has 0 bridgehead atoms. The summed E-state index contributed by atoms with van der Waals surface area (Å²) in [5, 5.41) is 12.2. The molecule has 0 atom stereocenters. The van der Waals surface area contributed by atoms with Gasteiger partial charge in [-0.2, -0.15) is 5.26 Å². The quantitative estimate of drug-likeness (QED) is 0.654. The molecule has 0 radical (unpaired) electrons. The second kappa shape index (κ2) is 6.61. The predicted octanol–water partition coefficient (Wildman–Crippen LogP) is 3.00. The Morgan fingerprint density at radius 2 is 2.22 bits per heavy atom. The van der Waals surface area contributed by atoms with E-state index in [1.807, 2.05) is 12.3 Å². The van der Waals surface area contributed by atoms with Gasteiger partial charge in [-0.1, -0.05) is 26.8 Å². The van der Waals surface area contributed by atoms with E-state index in [0.29, 0.717) is 17.9 Å². The molecule has 6 nitrogen and oxygen atoms in total. The molecule has 0 fully saturated rings. The first-order valence-corrected chi connectivity index (χ1v) is 7.48. The summed E-state index contributed by atoms with van der Waals surface area (Å²) in [6.45, 7) is 8.60. The van der Waals surface area contributed by atoms with Crippen LogP contribution in [0.4, 0.5) is 5.82 Å². The number of H-pyrrole nitrogens is 1. The standard InChI is InChI=1S/C17H21N5O/c1-11(23)12(7-18)5-6-13-8-19-16-15(13)22-14(9-20-16)21-10-17(2,3)4/h5,8-9H,6,10H2,1-4H3,(H,19,20)(H,21,22). The summed E-state index contributed by atoms with van der Waals surface area (Å²) in [6.07, 6.45) is 5.59. The summed E-state index contributed by atoms with van der Waals surface area (Å²) in [5.74, 6) is 0.482. The molecule has 0 aliphatic carbocycles. The van der Waals surface area contributed by atoms with E-state index in [1.165, 1.54) is 6.92 Å². The minimum atomic E-state index is -0.231. The van der Waals surface area contributed by atoms with Crippen molar-refractivity contribution in [2.24, 2.45) is 5.41 Å². The van der Waals surface area contributed by atoms with Crippen LogP contribution in [0.25, 0.3) is 11.2 Å². The van der Waals surface area contributed by atoms with Crippen molar-refractivity contribution >= 4 is 22.8 Å². The van der Waals surface area contributed by atoms with Crippen molar-refractivity contribution in [2.45, 2.75) is 34.1 Å². The molecule has 0 aliphatic rings. The molecular formula is C17H21N5O. The number of carbonyl (C=O) groups is 1. The lowest BCUT2D eigenvalue weighted by Gasteiger charge is -2.18. The molecule has 2 aromatic heterocycles. The van der Waals surface area contributed by atoms with Crippen molar-refractivity contribution in [1.29, 1.82) is 5.26 Å². The molecular weight excluding hydrogens is 290 g/mol. The average molecular weight is 311 g/mol. The van der Waals surface area contributed by atoms with Gasteiger partial charge in [-0.15, -0.1) is 0 Å². The number of nitriles is 1. The molecule has 0 spiro atoms. The molecule has 0 unspecified atom stereocenters. The van der Waals surface area contributed by atoms with Gasteiger partial charge in [0.15, 0.2) is 11.4 Å². The summed E-state index contributed by atoms with van der Waals surface area (Å²) in [7, 11) is 0. The molecule has 2 heterocycles. The van der Waals surface area contributed by atoms with Crippen molar-refractivity contribution in [2.75, 3.05) is 11.9 Å². The van der Waals surface area contributed by atoms with Crippen molar-refractivity contribution in [3.8, 4) is 6.07 Å². The molecule has 2 rings (SSSR count). The van der Waals surface area contributed by atoms with Crippen LogP contribution in [-0.4, -0.2) is 27.3 Å². The van der Waals surface area contributed by atoms with Gasteiger partial charge < -0.3 is 10.3 Å². The normalized spacial score (nSPS) is 12.2. The topological polar surface area (TPSA) is 94.5 Å². The Balaban J connectivity index is 2.25. The highest BCUT2D eigenvalue weighted by Crippen LogP contribution is 2.19. The first-order chi connectivity index (χ1) is 10.8. The highest BCUT2D eigenvalue weighted by atomic mass is 16.1. The summed E-state index contributed by atoms with van der Waals surface area (Å²) in [5.41, 5.74) is 2.65. The van der Waals surface area contributed by atoms with Crippen molar-refractivity contribution in [3.63, 3.8) is 0 Å². The summed E-state index contributed by atoms with van der Waals surface area (Å²) in [6, 6.07) is 1.91. The van der Waals surface area contributed by atoms with Crippen LogP contribution in [0, 0.1) is 16.7 Å². The molecule has 23 heavy (non-hydrogen) atoms. The number of carbonyl (C=O) groups excluding carboxylic acids is 1. The average Bonchev–Trinajstić information content (AvgIpc) is 2.87. The Morgan fingerprint density at radius 3 is 2.83 bits per heavy atom. The van der Waals surface area contributed by atoms with E-state index in [9.17, 15) is 4.79 Å². The van der Waals surface area contributed by atoms with Gasteiger partial charge in [-0.05, 0) is 18.8 Å². The number of hydrogen-bond donors (Lipinski definition) is 2. The Bertz CT molecular complexity index is 789. The van der Waals surface area contributed by atoms with E-state index >= 15 is 0 Å². The fraction of sp³-hybridized carbons (Fsp3) is 0.412. The van der Waals surface area contributed by atoms with Gasteiger partial charge in [0.25, 0.3) is 0 Å². The molecule has 0 aliphatic heterocycles. The number of rotatable bonds is 5. The Labute approximate surface area is 135 Å². The highest BCUT2D eigenvalue weighted by Gasteiger charge is 2.12. The van der Waals surface area contributed by atoms with Crippen LogP contribution in [0.5, 0.6) is 0 Å². The number of ketones is 1. The first kappa shape index (κ1) is 16.7. The fourth-order valence-electron chi connectivity index (χ4n) is 2.02. The fourth-order valence-corrected chi connectivity index (χ4v) is 2.02. The summed E-state index contributed by atoms with van der Waals surface area (Å²) < 4.78 is 0. The van der Waals surface area contributed by atoms with E-state index in [0.717, 1.165) is 17.6 Å².